The molecular formula is C20H19BrN2O2. The highest BCUT2D eigenvalue weighted by Gasteiger charge is 2.28. The Morgan fingerprint density at radius 3 is 2.64 bits per heavy atom. The molecule has 1 aliphatic carbocycles. The van der Waals surface area contributed by atoms with Gasteiger partial charge >= 0.3 is 0 Å². The summed E-state index contributed by atoms with van der Waals surface area (Å²) in [7, 11) is 0. The molecule has 1 N–H and O–H groups in total. The lowest BCUT2D eigenvalue weighted by Gasteiger charge is -2.23. The first kappa shape index (κ1) is 16.3. The summed E-state index contributed by atoms with van der Waals surface area (Å²) in [5.41, 5.74) is 5.75. The highest BCUT2D eigenvalue weighted by atomic mass is 79.9. The number of rotatable bonds is 2. The Bertz CT molecular complexity index is 892. The van der Waals surface area contributed by atoms with Gasteiger partial charge in [-0.3, -0.25) is 9.59 Å². The molecule has 2 amide bonds. The Balaban J connectivity index is 1.78. The monoisotopic (exact) mass is 398 g/mol. The zero-order chi connectivity index (χ0) is 17.6. The van der Waals surface area contributed by atoms with Crippen LogP contribution in [-0.4, -0.2) is 18.4 Å². The number of carbonyl (C=O) groups is 2. The minimum absolute atomic E-state index is 0.267. The number of nitrogens with one attached hydrogen (secondary N) is 1. The molecule has 2 aliphatic rings. The number of imide groups is 1. The average Bonchev–Trinajstić information content (AvgIpc) is 3.22. The topological polar surface area (TPSA) is 49.4 Å². The molecule has 5 heteroatoms. The van der Waals surface area contributed by atoms with E-state index in [9.17, 15) is 9.59 Å². The van der Waals surface area contributed by atoms with Gasteiger partial charge in [-0.25, -0.2) is 4.90 Å². The summed E-state index contributed by atoms with van der Waals surface area (Å²) in [6.45, 7) is 2.26. The van der Waals surface area contributed by atoms with Crippen LogP contribution in [0.15, 0.2) is 34.8 Å². The number of carbonyl (C=O) groups excluding carboxylic acids is 2. The van der Waals surface area contributed by atoms with E-state index in [1.165, 1.54) is 23.0 Å². The molecule has 0 saturated carbocycles. The summed E-state index contributed by atoms with van der Waals surface area (Å²) < 4.78 is 0.873. The molecule has 25 heavy (non-hydrogen) atoms. The van der Waals surface area contributed by atoms with Crippen molar-refractivity contribution in [3.8, 4) is 0 Å². The first-order chi connectivity index (χ1) is 12.0. The molecule has 0 bridgehead atoms. The summed E-state index contributed by atoms with van der Waals surface area (Å²) in [5.74, 6) is -0.546. The van der Waals surface area contributed by atoms with Gasteiger partial charge in [-0.2, -0.15) is 0 Å². The fourth-order valence-electron chi connectivity index (χ4n) is 3.80. The molecule has 2 aromatic carbocycles. The molecule has 2 aromatic rings. The van der Waals surface area contributed by atoms with Crippen LogP contribution in [0.2, 0.25) is 0 Å². The molecule has 4 nitrogen and oxygen atoms in total. The van der Waals surface area contributed by atoms with Crippen molar-refractivity contribution in [2.75, 3.05) is 16.8 Å². The van der Waals surface area contributed by atoms with Crippen LogP contribution in [0, 0.1) is 0 Å². The van der Waals surface area contributed by atoms with Crippen LogP contribution in [0.4, 0.5) is 11.4 Å². The smallest absolute Gasteiger partial charge is 0.265 e. The molecule has 0 atom stereocenters. The van der Waals surface area contributed by atoms with Gasteiger partial charge in [0.05, 0.1) is 11.4 Å². The van der Waals surface area contributed by atoms with E-state index >= 15 is 0 Å². The van der Waals surface area contributed by atoms with Crippen molar-refractivity contribution in [2.24, 2.45) is 0 Å². The fourth-order valence-corrected chi connectivity index (χ4v) is 4.30. The highest BCUT2D eigenvalue weighted by Crippen LogP contribution is 2.37. The Kier molecular flexibility index (Phi) is 4.12. The molecule has 0 fully saturated rings. The lowest BCUT2D eigenvalue weighted by atomic mass is 10.0. The Morgan fingerprint density at radius 1 is 1.04 bits per heavy atom. The number of halogens is 1. The van der Waals surface area contributed by atoms with E-state index in [0.717, 1.165) is 48.0 Å². The maximum atomic E-state index is 13.2. The second-order valence-electron chi connectivity index (χ2n) is 6.63. The Labute approximate surface area is 155 Å². The Morgan fingerprint density at radius 2 is 1.84 bits per heavy atom. The fraction of sp³-hybridized carbons (Fsp3) is 0.300. The van der Waals surface area contributed by atoms with Gasteiger partial charge in [0.15, 0.2) is 0 Å². The van der Waals surface area contributed by atoms with Gasteiger partial charge in [0.1, 0.15) is 0 Å². The van der Waals surface area contributed by atoms with Gasteiger partial charge in [-0.05, 0) is 66.6 Å². The van der Waals surface area contributed by atoms with Crippen molar-refractivity contribution < 1.29 is 9.59 Å². The van der Waals surface area contributed by atoms with E-state index in [4.69, 9.17) is 0 Å². The van der Waals surface area contributed by atoms with Gasteiger partial charge < -0.3 is 5.32 Å². The van der Waals surface area contributed by atoms with E-state index in [2.05, 4.69) is 21.2 Å². The summed E-state index contributed by atoms with van der Waals surface area (Å²) in [4.78, 5) is 26.8. The predicted octanol–water partition coefficient (Wildman–Crippen LogP) is 4.10. The number of amides is 2. The van der Waals surface area contributed by atoms with Crippen molar-refractivity contribution in [3.63, 3.8) is 0 Å². The Hall–Kier alpha value is -2.14. The lowest BCUT2D eigenvalue weighted by molar-refractivity contribution is -0.115. The average molecular weight is 399 g/mol. The van der Waals surface area contributed by atoms with Crippen LogP contribution in [0.3, 0.4) is 0 Å². The van der Waals surface area contributed by atoms with E-state index in [-0.39, 0.29) is 11.8 Å². The lowest BCUT2D eigenvalue weighted by Crippen LogP contribution is -2.35. The maximum Gasteiger partial charge on any atom is 0.265 e. The summed E-state index contributed by atoms with van der Waals surface area (Å²) in [6, 6.07) is 9.69. The van der Waals surface area contributed by atoms with Crippen LogP contribution in [0.25, 0.3) is 0 Å². The number of anilines is 2. The van der Waals surface area contributed by atoms with Gasteiger partial charge in [0.25, 0.3) is 5.91 Å². The first-order valence-electron chi connectivity index (χ1n) is 8.57. The van der Waals surface area contributed by atoms with E-state index in [1.54, 1.807) is 0 Å². The molecule has 0 unspecified atom stereocenters. The van der Waals surface area contributed by atoms with E-state index < -0.39 is 0 Å². The normalized spacial score (nSPS) is 14.6. The molecule has 0 spiro atoms. The van der Waals surface area contributed by atoms with Crippen molar-refractivity contribution in [1.29, 1.82) is 0 Å². The minimum atomic E-state index is -0.278. The van der Waals surface area contributed by atoms with Crippen molar-refractivity contribution in [1.82, 2.24) is 0 Å². The summed E-state index contributed by atoms with van der Waals surface area (Å²) >= 11 is 3.50. The standard InChI is InChI=1S/C20H19BrN2O2/c1-12(24)23(18-11-17(21)10-15-7-8-22-19(15)18)20(25)16-6-5-13-3-2-4-14(13)9-16/h5-6,9-11,22H,2-4,7-8H2,1H3. The summed E-state index contributed by atoms with van der Waals surface area (Å²) in [5, 5.41) is 3.31. The van der Waals surface area contributed by atoms with E-state index in [0.29, 0.717) is 11.3 Å². The van der Waals surface area contributed by atoms with Crippen LogP contribution in [-0.2, 0) is 24.1 Å². The zero-order valence-corrected chi connectivity index (χ0v) is 15.6. The van der Waals surface area contributed by atoms with Crippen LogP contribution >= 0.6 is 15.9 Å². The van der Waals surface area contributed by atoms with Crippen molar-refractivity contribution in [2.45, 2.75) is 32.6 Å². The quantitative estimate of drug-likeness (QED) is 0.828. The molecule has 4 rings (SSSR count). The van der Waals surface area contributed by atoms with Crippen molar-refractivity contribution >= 4 is 39.1 Å². The summed E-state index contributed by atoms with van der Waals surface area (Å²) in [6.07, 6.45) is 4.10. The molecule has 128 valence electrons. The maximum absolute atomic E-state index is 13.2. The third-order valence-electron chi connectivity index (χ3n) is 4.96. The second-order valence-corrected chi connectivity index (χ2v) is 7.55. The highest BCUT2D eigenvalue weighted by molar-refractivity contribution is 9.10. The van der Waals surface area contributed by atoms with Crippen LogP contribution < -0.4 is 10.2 Å². The molecule has 0 aromatic heterocycles. The molecule has 1 heterocycles. The molecule has 0 radical (unpaired) electrons. The SMILES string of the molecule is CC(=O)N(C(=O)c1ccc2c(c1)CCC2)c1cc(Br)cc2c1NCC2. The van der Waals surface area contributed by atoms with Gasteiger partial charge in [-0.15, -0.1) is 0 Å². The van der Waals surface area contributed by atoms with Gasteiger partial charge in [0.2, 0.25) is 5.91 Å². The predicted molar refractivity (Wildman–Crippen MR) is 102 cm³/mol. The largest absolute Gasteiger partial charge is 0.383 e. The van der Waals surface area contributed by atoms with Crippen LogP contribution in [0.5, 0.6) is 0 Å². The number of hydrogen-bond acceptors (Lipinski definition) is 3. The zero-order valence-electron chi connectivity index (χ0n) is 14.1. The first-order valence-corrected chi connectivity index (χ1v) is 9.37. The third kappa shape index (κ3) is 2.86. The molecular weight excluding hydrogens is 380 g/mol. The number of nitrogens with zero attached hydrogens (tertiary/aromatic N) is 1. The van der Waals surface area contributed by atoms with Gasteiger partial charge in [0, 0.05) is 23.5 Å². The molecule has 1 aliphatic heterocycles. The third-order valence-corrected chi connectivity index (χ3v) is 5.42. The second kappa shape index (κ2) is 6.30. The van der Waals surface area contributed by atoms with Crippen molar-refractivity contribution in [3.05, 3.63) is 57.1 Å². The molecule has 0 saturated heterocycles. The number of hydrogen-bond donors (Lipinski definition) is 1. The minimum Gasteiger partial charge on any atom is -0.383 e. The number of benzene rings is 2. The number of aryl methyl sites for hydroxylation is 2. The number of fused-ring (bicyclic) bond motifs is 2. The van der Waals surface area contributed by atoms with Gasteiger partial charge in [-0.1, -0.05) is 22.0 Å². The van der Waals surface area contributed by atoms with Crippen LogP contribution in [0.1, 0.15) is 40.4 Å². The van der Waals surface area contributed by atoms with E-state index in [1.807, 2.05) is 30.3 Å².